The molecular weight excluding hydrogens is 224 g/mol. The summed E-state index contributed by atoms with van der Waals surface area (Å²) in [5.74, 6) is 0. The number of ether oxygens (including phenoxy) is 1. The van der Waals surface area contributed by atoms with E-state index in [9.17, 15) is 0 Å². The predicted molar refractivity (Wildman–Crippen MR) is 76.8 cm³/mol. The summed E-state index contributed by atoms with van der Waals surface area (Å²) in [6, 6.07) is 0. The van der Waals surface area contributed by atoms with E-state index in [0.717, 1.165) is 13.0 Å². The molecule has 2 heteroatoms. The third kappa shape index (κ3) is 7.38. The summed E-state index contributed by atoms with van der Waals surface area (Å²) < 4.78 is 5.29. The monoisotopic (exact) mass is 256 g/mol. The van der Waals surface area contributed by atoms with Crippen LogP contribution in [-0.2, 0) is 4.74 Å². The number of aliphatic hydroxyl groups excluding tert-OH is 1. The molecule has 0 unspecified atom stereocenters. The molecule has 0 saturated carbocycles. The first-order chi connectivity index (χ1) is 8.83. The van der Waals surface area contributed by atoms with Crippen LogP contribution < -0.4 is 0 Å². The number of epoxide rings is 1. The fourth-order valence-electron chi connectivity index (χ4n) is 2.53. The third-order valence-electron chi connectivity index (χ3n) is 4.08. The molecule has 2 nitrogen and oxygen atoms in total. The molecule has 0 aromatic heterocycles. The maximum atomic E-state index is 9.09. The van der Waals surface area contributed by atoms with Crippen LogP contribution in [-0.4, -0.2) is 23.9 Å². The number of rotatable bonds is 13. The Morgan fingerprint density at radius 1 is 0.833 bits per heavy atom. The third-order valence-corrected chi connectivity index (χ3v) is 4.08. The Morgan fingerprint density at radius 2 is 1.28 bits per heavy atom. The maximum Gasteiger partial charge on any atom is 0.115 e. The predicted octanol–water partition coefficient (Wildman–Crippen LogP) is 4.45. The highest BCUT2D eigenvalue weighted by Gasteiger charge is 2.43. The molecule has 1 saturated heterocycles. The van der Waals surface area contributed by atoms with E-state index in [0.29, 0.717) is 0 Å². The molecule has 1 rings (SSSR count). The highest BCUT2D eigenvalue weighted by atomic mass is 16.6. The summed E-state index contributed by atoms with van der Waals surface area (Å²) >= 11 is 0. The van der Waals surface area contributed by atoms with Gasteiger partial charge in [0.05, 0.1) is 13.2 Å². The van der Waals surface area contributed by atoms with Crippen molar-refractivity contribution in [1.29, 1.82) is 0 Å². The SMILES string of the molecule is CCCCCCCCCCCCC[C@@]1(CO)CO1. The van der Waals surface area contributed by atoms with Crippen LogP contribution in [0.2, 0.25) is 0 Å². The van der Waals surface area contributed by atoms with Crippen LogP contribution in [0.15, 0.2) is 0 Å². The van der Waals surface area contributed by atoms with Gasteiger partial charge in [-0.15, -0.1) is 0 Å². The van der Waals surface area contributed by atoms with E-state index in [-0.39, 0.29) is 12.2 Å². The van der Waals surface area contributed by atoms with Crippen molar-refractivity contribution in [1.82, 2.24) is 0 Å². The first kappa shape index (κ1) is 16.0. The minimum Gasteiger partial charge on any atom is -0.393 e. The Labute approximate surface area is 113 Å². The first-order valence-corrected chi connectivity index (χ1v) is 8.08. The van der Waals surface area contributed by atoms with Crippen molar-refractivity contribution in [2.45, 2.75) is 89.6 Å². The molecule has 1 aliphatic heterocycles. The van der Waals surface area contributed by atoms with Crippen molar-refractivity contribution in [2.24, 2.45) is 0 Å². The quantitative estimate of drug-likeness (QED) is 0.390. The molecule has 0 aliphatic carbocycles. The number of unbranched alkanes of at least 4 members (excludes halogenated alkanes) is 10. The molecule has 1 aliphatic rings. The Balaban J connectivity index is 1.71. The second kappa shape index (κ2) is 9.80. The number of hydrogen-bond acceptors (Lipinski definition) is 2. The summed E-state index contributed by atoms with van der Waals surface area (Å²) in [6.45, 7) is 3.26. The summed E-state index contributed by atoms with van der Waals surface area (Å²) in [5, 5.41) is 9.09. The van der Waals surface area contributed by atoms with Crippen LogP contribution >= 0.6 is 0 Å². The van der Waals surface area contributed by atoms with Crippen molar-refractivity contribution < 1.29 is 9.84 Å². The molecule has 0 aromatic rings. The van der Waals surface area contributed by atoms with Crippen LogP contribution in [0, 0.1) is 0 Å². The van der Waals surface area contributed by atoms with Gasteiger partial charge in [0, 0.05) is 0 Å². The Hall–Kier alpha value is -0.0800. The first-order valence-electron chi connectivity index (χ1n) is 8.08. The van der Waals surface area contributed by atoms with Gasteiger partial charge in [0.1, 0.15) is 5.60 Å². The van der Waals surface area contributed by atoms with E-state index in [2.05, 4.69) is 6.92 Å². The molecule has 0 bridgehead atoms. The lowest BCUT2D eigenvalue weighted by atomic mass is 10.0. The van der Waals surface area contributed by atoms with Gasteiger partial charge in [-0.05, 0) is 6.42 Å². The Bertz CT molecular complexity index is 188. The lowest BCUT2D eigenvalue weighted by molar-refractivity contribution is 0.161. The molecule has 1 atom stereocenters. The molecule has 1 N–H and O–H groups in total. The smallest absolute Gasteiger partial charge is 0.115 e. The molecule has 1 fully saturated rings. The van der Waals surface area contributed by atoms with E-state index >= 15 is 0 Å². The average Bonchev–Trinajstić information content (AvgIpc) is 3.17. The Kier molecular flexibility index (Phi) is 8.70. The van der Waals surface area contributed by atoms with Gasteiger partial charge in [0.25, 0.3) is 0 Å². The highest BCUT2D eigenvalue weighted by molar-refractivity contribution is 4.90. The van der Waals surface area contributed by atoms with Crippen molar-refractivity contribution in [3.8, 4) is 0 Å². The summed E-state index contributed by atoms with van der Waals surface area (Å²) in [4.78, 5) is 0. The molecule has 0 spiro atoms. The van der Waals surface area contributed by atoms with Gasteiger partial charge in [-0.3, -0.25) is 0 Å². The lowest BCUT2D eigenvalue weighted by Gasteiger charge is -2.07. The van der Waals surface area contributed by atoms with E-state index in [1.165, 1.54) is 70.6 Å². The van der Waals surface area contributed by atoms with Gasteiger partial charge in [0.15, 0.2) is 0 Å². The second-order valence-corrected chi connectivity index (χ2v) is 5.92. The van der Waals surface area contributed by atoms with Gasteiger partial charge in [-0.1, -0.05) is 77.6 Å². The highest BCUT2D eigenvalue weighted by Crippen LogP contribution is 2.32. The lowest BCUT2D eigenvalue weighted by Crippen LogP contribution is -2.16. The van der Waals surface area contributed by atoms with Crippen molar-refractivity contribution in [2.75, 3.05) is 13.2 Å². The largest absolute Gasteiger partial charge is 0.393 e. The van der Waals surface area contributed by atoms with Gasteiger partial charge in [-0.2, -0.15) is 0 Å². The summed E-state index contributed by atoms with van der Waals surface area (Å²) in [5.41, 5.74) is -0.112. The zero-order valence-electron chi connectivity index (χ0n) is 12.3. The summed E-state index contributed by atoms with van der Waals surface area (Å²) in [7, 11) is 0. The molecule has 0 aromatic carbocycles. The maximum absolute atomic E-state index is 9.09. The molecule has 108 valence electrons. The zero-order chi connectivity index (χ0) is 13.1. The van der Waals surface area contributed by atoms with Crippen molar-refractivity contribution in [3.05, 3.63) is 0 Å². The standard InChI is InChI=1S/C16H32O2/c1-2-3-4-5-6-7-8-9-10-11-12-13-16(14-17)15-18-16/h17H,2-15H2,1H3/t16-/m1/s1. The van der Waals surface area contributed by atoms with Gasteiger partial charge in [-0.25, -0.2) is 0 Å². The van der Waals surface area contributed by atoms with E-state index in [1.807, 2.05) is 0 Å². The second-order valence-electron chi connectivity index (χ2n) is 5.92. The van der Waals surface area contributed by atoms with Crippen LogP contribution in [0.4, 0.5) is 0 Å². The normalized spacial score (nSPS) is 22.3. The van der Waals surface area contributed by atoms with Gasteiger partial charge in [0.2, 0.25) is 0 Å². The number of aliphatic hydroxyl groups is 1. The fraction of sp³-hybridized carbons (Fsp3) is 1.00. The van der Waals surface area contributed by atoms with Crippen LogP contribution in [0.25, 0.3) is 0 Å². The van der Waals surface area contributed by atoms with Gasteiger partial charge >= 0.3 is 0 Å². The van der Waals surface area contributed by atoms with E-state index in [4.69, 9.17) is 9.84 Å². The minimum absolute atomic E-state index is 0.112. The Morgan fingerprint density at radius 3 is 1.67 bits per heavy atom. The van der Waals surface area contributed by atoms with Crippen molar-refractivity contribution >= 4 is 0 Å². The van der Waals surface area contributed by atoms with Crippen LogP contribution in [0.5, 0.6) is 0 Å². The molecule has 0 amide bonds. The topological polar surface area (TPSA) is 32.8 Å². The zero-order valence-corrected chi connectivity index (χ0v) is 12.3. The number of hydrogen-bond donors (Lipinski definition) is 1. The van der Waals surface area contributed by atoms with E-state index < -0.39 is 0 Å². The van der Waals surface area contributed by atoms with Crippen LogP contribution in [0.3, 0.4) is 0 Å². The molecule has 1 heterocycles. The van der Waals surface area contributed by atoms with Crippen LogP contribution in [0.1, 0.15) is 84.0 Å². The average molecular weight is 256 g/mol. The molecule has 18 heavy (non-hydrogen) atoms. The molecule has 0 radical (unpaired) electrons. The van der Waals surface area contributed by atoms with Crippen molar-refractivity contribution in [3.63, 3.8) is 0 Å². The molecular formula is C16H32O2. The minimum atomic E-state index is -0.112. The summed E-state index contributed by atoms with van der Waals surface area (Å²) in [6.07, 6.45) is 16.2. The van der Waals surface area contributed by atoms with E-state index in [1.54, 1.807) is 0 Å². The van der Waals surface area contributed by atoms with Gasteiger partial charge < -0.3 is 9.84 Å². The fourth-order valence-corrected chi connectivity index (χ4v) is 2.53.